The summed E-state index contributed by atoms with van der Waals surface area (Å²) in [5, 5.41) is 9.00. The number of sulfone groups is 1. The molecule has 0 saturated carbocycles. The molecule has 0 aliphatic heterocycles. The number of aromatic nitrogens is 1. The van der Waals surface area contributed by atoms with Gasteiger partial charge in [-0.15, -0.1) is 11.6 Å². The smallest absolute Gasteiger partial charge is 0.315 e. The number of hydrogen-bond donors (Lipinski definition) is 0. The van der Waals surface area contributed by atoms with Gasteiger partial charge in [0, 0.05) is 5.41 Å². The Hall–Kier alpha value is -2.73. The van der Waals surface area contributed by atoms with Gasteiger partial charge in [0.15, 0.2) is 11.5 Å². The quantitative estimate of drug-likeness (QED) is 0.297. The molecule has 10 heteroatoms. The zero-order valence-corrected chi connectivity index (χ0v) is 22.2. The third-order valence-corrected chi connectivity index (χ3v) is 7.91. The minimum absolute atomic E-state index is 0.0360. The molecule has 0 bridgehead atoms. The van der Waals surface area contributed by atoms with Crippen LogP contribution in [0.3, 0.4) is 0 Å². The van der Waals surface area contributed by atoms with E-state index in [0.717, 1.165) is 11.1 Å². The fraction of sp³-hybridized carbons (Fsp3) is 0.360. The van der Waals surface area contributed by atoms with Gasteiger partial charge in [-0.25, -0.2) is 13.4 Å². The Morgan fingerprint density at radius 1 is 1.14 bits per heavy atom. The average molecular weight is 537 g/mol. The van der Waals surface area contributed by atoms with E-state index in [9.17, 15) is 13.7 Å². The van der Waals surface area contributed by atoms with E-state index >= 15 is 0 Å². The fourth-order valence-corrected chi connectivity index (χ4v) is 4.48. The van der Waals surface area contributed by atoms with Crippen molar-refractivity contribution in [3.8, 4) is 17.6 Å². The van der Waals surface area contributed by atoms with E-state index in [2.05, 4.69) is 11.1 Å². The summed E-state index contributed by atoms with van der Waals surface area (Å²) in [4.78, 5) is 3.86. The molecule has 35 heavy (non-hydrogen) atoms. The lowest BCUT2D eigenvalue weighted by atomic mass is 9.77. The molecule has 0 radical (unpaired) electrons. The van der Waals surface area contributed by atoms with Gasteiger partial charge < -0.3 is 13.9 Å². The molecule has 7 nitrogen and oxygen atoms in total. The van der Waals surface area contributed by atoms with Crippen molar-refractivity contribution in [2.24, 2.45) is 0 Å². The highest BCUT2D eigenvalue weighted by Gasteiger charge is 2.27. The van der Waals surface area contributed by atoms with E-state index in [0.29, 0.717) is 27.8 Å². The van der Waals surface area contributed by atoms with Crippen molar-refractivity contribution in [1.29, 1.82) is 5.26 Å². The monoisotopic (exact) mass is 536 g/mol. The number of nitrogens with zero attached hydrogens (tertiary/aromatic N) is 2. The lowest BCUT2D eigenvalue weighted by molar-refractivity contribution is 0.256. The standard InChI is InChI=1S/C25H26Cl2N2O5S/c1-16(2)35(30,31)24-29-14-21(34-24)15-33-20-7-5-18(6-8-20)25(3,4)19-11-17(13-28)23(22(27)12-19)32-10-9-26/h5-8,11-12,14,16H,9-10,15H2,1-4H3. The molecule has 0 N–H and O–H groups in total. The summed E-state index contributed by atoms with van der Waals surface area (Å²) >= 11 is 12.1. The second-order valence-corrected chi connectivity index (χ2v) is 11.8. The maximum absolute atomic E-state index is 12.2. The molecule has 0 aliphatic rings. The number of oxazole rings is 1. The summed E-state index contributed by atoms with van der Waals surface area (Å²) in [6.07, 6.45) is 1.35. The Labute approximate surface area is 215 Å². The molecular formula is C25H26Cl2N2O5S. The van der Waals surface area contributed by atoms with Gasteiger partial charge in [-0.3, -0.25) is 0 Å². The average Bonchev–Trinajstić information content (AvgIpc) is 3.31. The molecule has 3 aromatic rings. The molecule has 2 aromatic carbocycles. The van der Waals surface area contributed by atoms with Gasteiger partial charge >= 0.3 is 5.22 Å². The van der Waals surface area contributed by atoms with E-state index in [1.807, 2.05) is 38.1 Å². The van der Waals surface area contributed by atoms with Crippen LogP contribution >= 0.6 is 23.2 Å². The lowest BCUT2D eigenvalue weighted by Crippen LogP contribution is -2.19. The number of hydrogen-bond acceptors (Lipinski definition) is 7. The summed E-state index contributed by atoms with van der Waals surface area (Å²) in [5.41, 5.74) is 1.70. The highest BCUT2D eigenvalue weighted by molar-refractivity contribution is 7.91. The van der Waals surface area contributed by atoms with Gasteiger partial charge in [-0.1, -0.05) is 37.6 Å². The van der Waals surface area contributed by atoms with Crippen molar-refractivity contribution >= 4 is 33.0 Å². The van der Waals surface area contributed by atoms with Gasteiger partial charge in [0.05, 0.1) is 27.9 Å². The predicted octanol–water partition coefficient (Wildman–Crippen LogP) is 5.90. The Morgan fingerprint density at radius 2 is 1.83 bits per heavy atom. The largest absolute Gasteiger partial charge is 0.489 e. The lowest BCUT2D eigenvalue weighted by Gasteiger charge is -2.27. The summed E-state index contributed by atoms with van der Waals surface area (Å²) < 4.78 is 41.0. The summed E-state index contributed by atoms with van der Waals surface area (Å²) in [6, 6.07) is 13.2. The number of nitriles is 1. The van der Waals surface area contributed by atoms with Gasteiger partial charge in [-0.05, 0) is 49.2 Å². The minimum atomic E-state index is -3.58. The molecule has 0 atom stereocenters. The van der Waals surface area contributed by atoms with Gasteiger partial charge in [0.25, 0.3) is 0 Å². The number of alkyl halides is 1. The maximum atomic E-state index is 12.2. The molecular weight excluding hydrogens is 511 g/mol. The molecule has 186 valence electrons. The van der Waals surface area contributed by atoms with Crippen LogP contribution in [0.15, 0.2) is 52.2 Å². The molecule has 0 amide bonds. The van der Waals surface area contributed by atoms with Crippen molar-refractivity contribution in [3.05, 3.63) is 70.1 Å². The molecule has 1 heterocycles. The first-order valence-corrected chi connectivity index (χ1v) is 13.3. The molecule has 0 saturated heterocycles. The van der Waals surface area contributed by atoms with E-state index in [1.165, 1.54) is 6.20 Å². The highest BCUT2D eigenvalue weighted by atomic mass is 35.5. The zero-order chi connectivity index (χ0) is 25.8. The second-order valence-electron chi connectivity index (χ2n) is 8.61. The minimum Gasteiger partial charge on any atom is -0.489 e. The Kier molecular flexibility index (Phi) is 8.37. The van der Waals surface area contributed by atoms with Crippen LogP contribution in [-0.4, -0.2) is 31.1 Å². The second kappa shape index (κ2) is 10.9. The van der Waals surface area contributed by atoms with Crippen LogP contribution < -0.4 is 9.47 Å². The SMILES string of the molecule is CC(C)S(=O)(=O)c1ncc(COc2ccc(C(C)(C)c3cc(Cl)c(OCCCl)c(C#N)c3)cc2)o1. The van der Waals surface area contributed by atoms with E-state index in [4.69, 9.17) is 37.1 Å². The number of halogens is 2. The first-order chi connectivity index (χ1) is 16.5. The molecule has 3 rings (SSSR count). The van der Waals surface area contributed by atoms with Crippen molar-refractivity contribution < 1.29 is 22.3 Å². The van der Waals surface area contributed by atoms with Crippen LogP contribution in [-0.2, 0) is 21.9 Å². The molecule has 0 fully saturated rings. The Morgan fingerprint density at radius 3 is 2.43 bits per heavy atom. The first kappa shape index (κ1) is 26.9. The highest BCUT2D eigenvalue weighted by Crippen LogP contribution is 2.38. The zero-order valence-electron chi connectivity index (χ0n) is 19.8. The Balaban J connectivity index is 1.75. The molecule has 0 unspecified atom stereocenters. The topological polar surface area (TPSA) is 102 Å². The van der Waals surface area contributed by atoms with Gasteiger partial charge in [0.1, 0.15) is 25.0 Å². The van der Waals surface area contributed by atoms with Crippen molar-refractivity contribution in [2.75, 3.05) is 12.5 Å². The van der Waals surface area contributed by atoms with E-state index in [-0.39, 0.29) is 24.3 Å². The van der Waals surface area contributed by atoms with Crippen LogP contribution in [0.5, 0.6) is 11.5 Å². The van der Waals surface area contributed by atoms with Crippen LogP contribution in [0.4, 0.5) is 0 Å². The van der Waals surface area contributed by atoms with Crippen LogP contribution in [0.2, 0.25) is 5.02 Å². The van der Waals surface area contributed by atoms with Crippen LogP contribution in [0.1, 0.15) is 50.1 Å². The molecule has 0 spiro atoms. The summed E-state index contributed by atoms with van der Waals surface area (Å²) in [6.45, 7) is 7.48. The predicted molar refractivity (Wildman–Crippen MR) is 134 cm³/mol. The van der Waals surface area contributed by atoms with E-state index < -0.39 is 20.5 Å². The van der Waals surface area contributed by atoms with Gasteiger partial charge in [-0.2, -0.15) is 5.26 Å². The molecule has 0 aliphatic carbocycles. The number of ether oxygens (including phenoxy) is 2. The summed E-state index contributed by atoms with van der Waals surface area (Å²) in [5.74, 6) is 1.51. The van der Waals surface area contributed by atoms with Crippen molar-refractivity contribution in [1.82, 2.24) is 4.98 Å². The first-order valence-electron chi connectivity index (χ1n) is 10.9. The number of rotatable bonds is 10. The summed E-state index contributed by atoms with van der Waals surface area (Å²) in [7, 11) is -3.58. The van der Waals surface area contributed by atoms with Gasteiger partial charge in [0.2, 0.25) is 9.84 Å². The van der Waals surface area contributed by atoms with E-state index in [1.54, 1.807) is 26.0 Å². The van der Waals surface area contributed by atoms with Crippen molar-refractivity contribution in [3.63, 3.8) is 0 Å². The van der Waals surface area contributed by atoms with Crippen LogP contribution in [0.25, 0.3) is 0 Å². The van der Waals surface area contributed by atoms with Crippen LogP contribution in [0, 0.1) is 11.3 Å². The number of benzene rings is 2. The Bertz CT molecular complexity index is 1330. The third-order valence-electron chi connectivity index (χ3n) is 5.56. The molecule has 1 aromatic heterocycles. The third kappa shape index (κ3) is 5.92. The van der Waals surface area contributed by atoms with Crippen molar-refractivity contribution in [2.45, 2.75) is 50.2 Å². The normalized spacial score (nSPS) is 11.9. The fourth-order valence-electron chi connectivity index (χ4n) is 3.30. The maximum Gasteiger partial charge on any atom is 0.315 e.